The summed E-state index contributed by atoms with van der Waals surface area (Å²) in [6.07, 6.45) is 9.47. The van der Waals surface area contributed by atoms with Gasteiger partial charge in [-0.3, -0.25) is 4.79 Å². The second-order valence-corrected chi connectivity index (χ2v) is 6.72. The number of ether oxygens (including phenoxy) is 4. The van der Waals surface area contributed by atoms with Crippen molar-refractivity contribution >= 4 is 5.97 Å². The second-order valence-electron chi connectivity index (χ2n) is 6.72. The molecule has 0 heterocycles. The third kappa shape index (κ3) is 7.69. The molecule has 0 saturated carbocycles. The number of rotatable bonds is 14. The molecule has 0 aromatic heterocycles. The van der Waals surface area contributed by atoms with Crippen LogP contribution >= 0.6 is 0 Å². The fraction of sp³-hybridized carbons (Fsp3) is 0.682. The molecular weight excluding hydrogens is 344 g/mol. The zero-order chi connectivity index (χ0) is 20.1. The normalized spacial score (nSPS) is 10.6. The third-order valence-corrected chi connectivity index (χ3v) is 4.77. The summed E-state index contributed by atoms with van der Waals surface area (Å²) in [5, 5.41) is 0. The average Bonchev–Trinajstić information content (AvgIpc) is 2.66. The number of carbonyl (C=O) groups excluding carboxylic acids is 1. The molecule has 0 spiro atoms. The predicted octanol–water partition coefficient (Wildman–Crippen LogP) is 5.25. The van der Waals surface area contributed by atoms with Gasteiger partial charge in [-0.1, -0.05) is 32.1 Å². The molecule has 0 bridgehead atoms. The minimum atomic E-state index is -0.0725. The Morgan fingerprint density at radius 1 is 0.852 bits per heavy atom. The van der Waals surface area contributed by atoms with E-state index in [1.807, 2.05) is 13.0 Å². The summed E-state index contributed by atoms with van der Waals surface area (Å²) >= 11 is 0. The van der Waals surface area contributed by atoms with Gasteiger partial charge in [0.1, 0.15) is 0 Å². The van der Waals surface area contributed by atoms with Gasteiger partial charge in [0.25, 0.3) is 0 Å². The Morgan fingerprint density at radius 3 is 2.00 bits per heavy atom. The maximum Gasteiger partial charge on any atom is 0.305 e. The van der Waals surface area contributed by atoms with E-state index in [0.717, 1.165) is 31.4 Å². The predicted molar refractivity (Wildman–Crippen MR) is 108 cm³/mol. The summed E-state index contributed by atoms with van der Waals surface area (Å²) in [6.45, 7) is 4.41. The average molecular weight is 381 g/mol. The van der Waals surface area contributed by atoms with Gasteiger partial charge in [0.15, 0.2) is 11.5 Å². The van der Waals surface area contributed by atoms with Crippen LogP contribution in [0.2, 0.25) is 0 Å². The zero-order valence-corrected chi connectivity index (χ0v) is 17.7. The minimum absolute atomic E-state index is 0.0725. The largest absolute Gasteiger partial charge is 0.493 e. The van der Waals surface area contributed by atoms with Gasteiger partial charge in [-0.05, 0) is 44.7 Å². The Hall–Kier alpha value is -1.91. The van der Waals surface area contributed by atoms with Crippen LogP contribution in [-0.2, 0) is 16.0 Å². The monoisotopic (exact) mass is 380 g/mol. The molecule has 154 valence electrons. The Balaban J connectivity index is 2.33. The van der Waals surface area contributed by atoms with Crippen LogP contribution < -0.4 is 14.2 Å². The molecule has 0 radical (unpaired) electrons. The molecule has 0 aliphatic carbocycles. The van der Waals surface area contributed by atoms with Crippen LogP contribution in [-0.4, -0.2) is 33.9 Å². The number of methoxy groups -OCH3 is 3. The molecule has 0 N–H and O–H groups in total. The van der Waals surface area contributed by atoms with E-state index < -0.39 is 0 Å². The maximum atomic E-state index is 11.3. The van der Waals surface area contributed by atoms with E-state index >= 15 is 0 Å². The molecule has 0 unspecified atom stereocenters. The van der Waals surface area contributed by atoms with Gasteiger partial charge in [-0.15, -0.1) is 0 Å². The van der Waals surface area contributed by atoms with Crippen LogP contribution in [0.4, 0.5) is 0 Å². The first-order chi connectivity index (χ1) is 13.1. The van der Waals surface area contributed by atoms with Crippen molar-refractivity contribution in [2.45, 2.75) is 71.6 Å². The molecule has 5 nitrogen and oxygen atoms in total. The summed E-state index contributed by atoms with van der Waals surface area (Å²) in [6, 6.07) is 2.01. The van der Waals surface area contributed by atoms with E-state index in [1.165, 1.54) is 36.8 Å². The summed E-state index contributed by atoms with van der Waals surface area (Å²) in [7, 11) is 4.96. The van der Waals surface area contributed by atoms with Gasteiger partial charge in [-0.2, -0.15) is 0 Å². The number of unbranched alkanes of at least 4 members (excludes halogenated alkanes) is 6. The number of esters is 1. The van der Waals surface area contributed by atoms with Gasteiger partial charge < -0.3 is 18.9 Å². The highest BCUT2D eigenvalue weighted by atomic mass is 16.5. The van der Waals surface area contributed by atoms with Gasteiger partial charge in [-0.25, -0.2) is 0 Å². The third-order valence-electron chi connectivity index (χ3n) is 4.77. The summed E-state index contributed by atoms with van der Waals surface area (Å²) in [5.74, 6) is 2.09. The lowest BCUT2D eigenvalue weighted by Crippen LogP contribution is -2.03. The molecule has 5 heteroatoms. The topological polar surface area (TPSA) is 54.0 Å². The molecule has 0 fully saturated rings. The molecular formula is C22H36O5. The van der Waals surface area contributed by atoms with Crippen LogP contribution in [0.5, 0.6) is 17.2 Å². The molecule has 1 aromatic carbocycles. The van der Waals surface area contributed by atoms with E-state index in [2.05, 4.69) is 6.92 Å². The van der Waals surface area contributed by atoms with Crippen molar-refractivity contribution in [3.05, 3.63) is 17.2 Å². The number of hydrogen-bond acceptors (Lipinski definition) is 5. The van der Waals surface area contributed by atoms with Crippen molar-refractivity contribution in [2.24, 2.45) is 0 Å². The first-order valence-corrected chi connectivity index (χ1v) is 10.0. The SMILES string of the molecule is CCOC(=O)CCCCCCCCCc1c(C)cc(OC)c(OC)c1OC. The van der Waals surface area contributed by atoms with Crippen LogP contribution in [0.1, 0.15) is 69.4 Å². The smallest absolute Gasteiger partial charge is 0.305 e. The van der Waals surface area contributed by atoms with Crippen molar-refractivity contribution in [3.8, 4) is 17.2 Å². The highest BCUT2D eigenvalue weighted by Gasteiger charge is 2.18. The van der Waals surface area contributed by atoms with E-state index in [4.69, 9.17) is 18.9 Å². The molecule has 0 atom stereocenters. The van der Waals surface area contributed by atoms with Crippen molar-refractivity contribution < 1.29 is 23.7 Å². The first kappa shape index (κ1) is 23.1. The number of benzene rings is 1. The minimum Gasteiger partial charge on any atom is -0.493 e. The Kier molecular flexibility index (Phi) is 11.4. The van der Waals surface area contributed by atoms with Crippen molar-refractivity contribution in [1.82, 2.24) is 0 Å². The quantitative estimate of drug-likeness (QED) is 0.326. The van der Waals surface area contributed by atoms with Gasteiger partial charge in [0, 0.05) is 12.0 Å². The summed E-state index contributed by atoms with van der Waals surface area (Å²) in [4.78, 5) is 11.3. The number of aryl methyl sites for hydroxylation is 1. The summed E-state index contributed by atoms with van der Waals surface area (Å²) < 4.78 is 21.4. The number of carbonyl (C=O) groups is 1. The van der Waals surface area contributed by atoms with E-state index in [1.54, 1.807) is 21.3 Å². The van der Waals surface area contributed by atoms with E-state index in [9.17, 15) is 4.79 Å². The summed E-state index contributed by atoms with van der Waals surface area (Å²) in [5.41, 5.74) is 2.37. The number of hydrogen-bond donors (Lipinski definition) is 0. The molecule has 0 aliphatic heterocycles. The second kappa shape index (κ2) is 13.3. The van der Waals surface area contributed by atoms with Crippen molar-refractivity contribution in [1.29, 1.82) is 0 Å². The molecule has 0 aliphatic rings. The van der Waals surface area contributed by atoms with Crippen LogP contribution in [0.15, 0.2) is 6.07 Å². The van der Waals surface area contributed by atoms with E-state index in [-0.39, 0.29) is 5.97 Å². The molecule has 0 saturated heterocycles. The van der Waals surface area contributed by atoms with Gasteiger partial charge in [0.05, 0.1) is 27.9 Å². The maximum absolute atomic E-state index is 11.3. The lowest BCUT2D eigenvalue weighted by atomic mass is 9.99. The lowest BCUT2D eigenvalue weighted by Gasteiger charge is -2.18. The zero-order valence-electron chi connectivity index (χ0n) is 17.7. The van der Waals surface area contributed by atoms with Crippen LogP contribution in [0.3, 0.4) is 0 Å². The van der Waals surface area contributed by atoms with Gasteiger partial charge in [0.2, 0.25) is 5.75 Å². The van der Waals surface area contributed by atoms with Crippen molar-refractivity contribution in [2.75, 3.05) is 27.9 Å². The van der Waals surface area contributed by atoms with Crippen LogP contribution in [0.25, 0.3) is 0 Å². The van der Waals surface area contributed by atoms with Gasteiger partial charge >= 0.3 is 5.97 Å². The fourth-order valence-electron chi connectivity index (χ4n) is 3.34. The lowest BCUT2D eigenvalue weighted by molar-refractivity contribution is -0.143. The highest BCUT2D eigenvalue weighted by Crippen LogP contribution is 2.42. The Morgan fingerprint density at radius 2 is 1.44 bits per heavy atom. The van der Waals surface area contributed by atoms with E-state index in [0.29, 0.717) is 24.5 Å². The first-order valence-electron chi connectivity index (χ1n) is 10.0. The Bertz CT molecular complexity index is 568. The molecule has 1 aromatic rings. The Labute approximate surface area is 164 Å². The highest BCUT2D eigenvalue weighted by molar-refractivity contribution is 5.69. The molecule has 27 heavy (non-hydrogen) atoms. The molecule has 1 rings (SSSR count). The van der Waals surface area contributed by atoms with Crippen LogP contribution in [0, 0.1) is 6.92 Å². The standard InChI is InChI=1S/C22H36O5/c1-6-27-20(23)15-13-11-9-7-8-10-12-14-18-17(2)16-19(24-3)22(26-5)21(18)25-4/h16H,6-15H2,1-5H3. The molecule has 0 amide bonds. The fourth-order valence-corrected chi connectivity index (χ4v) is 3.34. The van der Waals surface area contributed by atoms with Crippen molar-refractivity contribution in [3.63, 3.8) is 0 Å².